The Morgan fingerprint density at radius 3 is 1.00 bits per heavy atom. The quantitative estimate of drug-likeness (QED) is 0.240. The van der Waals surface area contributed by atoms with Crippen molar-refractivity contribution in [2.24, 2.45) is 0 Å². The Morgan fingerprint density at radius 1 is 1.00 bits per heavy atom. The molecule has 0 aliphatic carbocycles. The molecule has 0 N–H and O–H groups in total. The summed E-state index contributed by atoms with van der Waals surface area (Å²) in [7, 11) is 0. The summed E-state index contributed by atoms with van der Waals surface area (Å²) in [4.78, 5) is 0. The smallest absolute Gasteiger partial charge is 0.153 e. The summed E-state index contributed by atoms with van der Waals surface area (Å²) in [6.45, 7) is 0. The van der Waals surface area contributed by atoms with Crippen LogP contribution in [0.1, 0.15) is 0 Å². The van der Waals surface area contributed by atoms with E-state index < -0.39 is 0 Å². The predicted octanol–water partition coefficient (Wildman–Crippen LogP) is -0.868. The maximum Gasteiger partial charge on any atom is 0.316 e. The Labute approximate surface area is 197 Å². The van der Waals surface area contributed by atoms with E-state index in [4.69, 9.17) is 0 Å². The van der Waals surface area contributed by atoms with Crippen LogP contribution in [0.25, 0.3) is 0 Å². The first-order chi connectivity index (χ1) is 0. The van der Waals surface area contributed by atoms with Crippen LogP contribution in [0.3, 0.4) is 0 Å². The average Bonchev–Trinajstić information content (AvgIpc) is 0. The van der Waals surface area contributed by atoms with Gasteiger partial charge in [-0.05, 0) is 0 Å². The fraction of sp³-hybridized carbons (Fsp3) is 0. The third-order valence-corrected chi connectivity index (χ3v) is 0. The molecule has 1 atom stereocenters. The van der Waals surface area contributed by atoms with E-state index in [1.165, 1.54) is 0 Å². The third kappa shape index (κ3) is 38.6. The summed E-state index contributed by atoms with van der Waals surface area (Å²) in [5.41, 5.74) is 0. The minimum absolute atomic E-state index is 0. The van der Waals surface area contributed by atoms with Crippen molar-refractivity contribution in [3.8, 4) is 0 Å². The topological polar surface area (TPSA) is 0 Å². The molecule has 0 saturated carbocycles. The molecule has 0 aromatic heterocycles. The zero-order valence-electron chi connectivity index (χ0n) is 3.57. The van der Waals surface area contributed by atoms with Crippen LogP contribution < -0.4 is 0 Å². The molecule has 0 spiro atoms. The summed E-state index contributed by atoms with van der Waals surface area (Å²) in [6, 6.07) is 0. The van der Waals surface area contributed by atoms with Crippen LogP contribution in [0.4, 0.5) is 0 Å². The molecule has 1 unspecified atom stereocenters. The van der Waals surface area contributed by atoms with Crippen LogP contribution in [0.2, 0.25) is 0 Å². The zero-order valence-corrected chi connectivity index (χ0v) is 19.1. The van der Waals surface area contributed by atoms with Gasteiger partial charge in [-0.3, -0.25) is 0 Å². The van der Waals surface area contributed by atoms with E-state index in [1.54, 1.807) is 0 Å². The molecule has 0 aliphatic heterocycles. The molecule has 0 rings (SSSR count). The summed E-state index contributed by atoms with van der Waals surface area (Å²) in [6.07, 6.45) is 0. The van der Waals surface area contributed by atoms with Gasteiger partial charge in [-0.1, -0.05) is 0 Å². The number of hydrogen-bond donors (Lipinski definition) is 0. The van der Waals surface area contributed by atoms with E-state index in [-0.39, 0.29) is 203 Å². The van der Waals surface area contributed by atoms with Crippen molar-refractivity contribution < 1.29 is 170 Å². The average molecular weight is 636 g/mol. The van der Waals surface area contributed by atoms with Gasteiger partial charge in [0, 0.05) is 170 Å². The van der Waals surface area contributed by atoms with E-state index in [0.29, 0.717) is 0 Å². The summed E-state index contributed by atoms with van der Waals surface area (Å²) in [5, 5.41) is 0. The Balaban J connectivity index is 0. The molecule has 43 valence electrons. The van der Waals surface area contributed by atoms with Crippen molar-refractivity contribution in [1.29, 1.82) is 0 Å². The molecule has 8 heteroatoms. The number of hydrogen-bond acceptors (Lipinski definition) is 0. The van der Waals surface area contributed by atoms with Gasteiger partial charge < -0.3 is 0 Å². The molecule has 0 aromatic carbocycles. The van der Waals surface area contributed by atoms with Crippen LogP contribution in [-0.4, -0.2) is 23.1 Å². The van der Waals surface area contributed by atoms with Crippen molar-refractivity contribution in [3.63, 3.8) is 0 Å². The molecule has 0 amide bonds. The van der Waals surface area contributed by atoms with Crippen LogP contribution >= 0.6 is 9.90 Å². The summed E-state index contributed by atoms with van der Waals surface area (Å²) < 4.78 is 0. The van der Waals surface area contributed by atoms with E-state index in [1.807, 2.05) is 0 Å². The van der Waals surface area contributed by atoms with E-state index in [2.05, 4.69) is 0 Å². The zero-order chi connectivity index (χ0) is 0. The van der Waals surface area contributed by atoms with E-state index in [0.717, 1.165) is 0 Å². The van der Waals surface area contributed by atoms with Gasteiger partial charge in [0.25, 0.3) is 0 Å². The molecule has 8 heavy (non-hydrogen) atoms. The van der Waals surface area contributed by atoms with Gasteiger partial charge >= 0.3 is 23.1 Å². The van der Waals surface area contributed by atoms with E-state index in [9.17, 15) is 0 Å². The van der Waals surface area contributed by atoms with Crippen LogP contribution in [-0.2, 0) is 92.6 Å². The minimum Gasteiger partial charge on any atom is -0.153 e. The first-order valence-electron chi connectivity index (χ1n) is 0. The Kier molecular flexibility index (Phi) is 373. The molecule has 0 saturated heterocycles. The second kappa shape index (κ2) is 48.9. The van der Waals surface area contributed by atoms with Crippen molar-refractivity contribution in [1.82, 2.24) is 0 Å². The Morgan fingerprint density at radius 2 is 1.00 bits per heavy atom. The van der Waals surface area contributed by atoms with Gasteiger partial charge in [0.1, 0.15) is 0 Å². The fourth-order valence-electron chi connectivity index (χ4n) is 0. The third-order valence-electron chi connectivity index (χ3n) is 0. The van der Waals surface area contributed by atoms with E-state index >= 15 is 0 Å². The van der Waals surface area contributed by atoms with Crippen LogP contribution in [0.5, 0.6) is 0 Å². The van der Waals surface area contributed by atoms with Gasteiger partial charge in [-0.15, -0.1) is 0 Å². The fourth-order valence-corrected chi connectivity index (χ4v) is 0. The molecular formula is H5CeCuLaMgMoPTiY. The number of rotatable bonds is 0. The van der Waals surface area contributed by atoms with Gasteiger partial charge in [0.05, 0.1) is 0 Å². The molecule has 0 nitrogen and oxygen atoms in total. The SMILES string of the molecule is P.[Ce].[Cu].[La].[MgH2].[Mo].[Ti].[Y]. The standard InChI is InChI=1S/Ce.Cu.La.Mg.Mo.H3P.Ti.Y.2H/h;;;;;1H3;;;;. The minimum atomic E-state index is 0. The molecule has 0 aromatic rings. The second-order valence-electron chi connectivity index (χ2n) is 0. The second-order valence-corrected chi connectivity index (χ2v) is 0. The van der Waals surface area contributed by atoms with Crippen LogP contribution in [0, 0.1) is 77.3 Å². The van der Waals surface area contributed by atoms with Crippen molar-refractivity contribution in [2.45, 2.75) is 0 Å². The summed E-state index contributed by atoms with van der Waals surface area (Å²) in [5.74, 6) is 0. The molecule has 0 aliphatic rings. The van der Waals surface area contributed by atoms with Gasteiger partial charge in [0.2, 0.25) is 0 Å². The normalized spacial score (nSPS) is 0. The molecule has 3 radical (unpaired) electrons. The van der Waals surface area contributed by atoms with Crippen molar-refractivity contribution in [2.75, 3.05) is 0 Å². The first kappa shape index (κ1) is 61.0. The summed E-state index contributed by atoms with van der Waals surface area (Å²) >= 11 is 0. The van der Waals surface area contributed by atoms with Crippen molar-refractivity contribution >= 4 is 33.0 Å². The van der Waals surface area contributed by atoms with Crippen LogP contribution in [0.15, 0.2) is 0 Å². The molecular weight excluding hydrogens is 631 g/mol. The molecule has 0 heterocycles. The largest absolute Gasteiger partial charge is 0.316 e. The maximum absolute atomic E-state index is 0. The van der Waals surface area contributed by atoms with Gasteiger partial charge in [-0.2, -0.15) is 9.90 Å². The monoisotopic (exact) mass is 636 g/mol. The first-order valence-corrected chi connectivity index (χ1v) is 0. The van der Waals surface area contributed by atoms with Crippen molar-refractivity contribution in [3.05, 3.63) is 0 Å². The Bertz CT molecular complexity index is 24.0. The predicted molar refractivity (Wildman–Crippen MR) is 19.6 cm³/mol. The Hall–Kier alpha value is 6.79. The molecule has 0 bridgehead atoms. The maximum atomic E-state index is 0. The van der Waals surface area contributed by atoms with Gasteiger partial charge in [-0.25, -0.2) is 0 Å². The van der Waals surface area contributed by atoms with Gasteiger partial charge in [0.15, 0.2) is 0 Å². The molecule has 0 fully saturated rings.